The van der Waals surface area contributed by atoms with Gasteiger partial charge < -0.3 is 0 Å². The summed E-state index contributed by atoms with van der Waals surface area (Å²) in [5, 5.41) is 0.681. The topological polar surface area (TPSA) is 25.8 Å². The maximum Gasteiger partial charge on any atom is 0.146 e. The minimum atomic E-state index is 0.530. The SMILES string of the molecule is CCC1CCC(c2nc(Cl)c(I)c(C3CCCC3)n2)CC1. The second-order valence-electron chi connectivity index (χ2n) is 6.68. The highest BCUT2D eigenvalue weighted by molar-refractivity contribution is 14.1. The first kappa shape index (κ1) is 16.0. The molecule has 0 N–H and O–H groups in total. The van der Waals surface area contributed by atoms with Gasteiger partial charge in [0.1, 0.15) is 11.0 Å². The third-order valence-corrected chi connectivity index (χ3v) is 7.04. The zero-order valence-electron chi connectivity index (χ0n) is 12.7. The Morgan fingerprint density at radius 2 is 1.67 bits per heavy atom. The van der Waals surface area contributed by atoms with Crippen LogP contribution in [0.4, 0.5) is 0 Å². The Morgan fingerprint density at radius 1 is 1.00 bits per heavy atom. The normalized spacial score (nSPS) is 27.2. The van der Waals surface area contributed by atoms with Gasteiger partial charge >= 0.3 is 0 Å². The molecular formula is C17H24ClIN2. The highest BCUT2D eigenvalue weighted by Crippen LogP contribution is 2.40. The van der Waals surface area contributed by atoms with Crippen molar-refractivity contribution in [2.45, 2.75) is 76.5 Å². The second kappa shape index (κ2) is 7.12. The smallest absolute Gasteiger partial charge is 0.146 e. The summed E-state index contributed by atoms with van der Waals surface area (Å²) >= 11 is 8.75. The Bertz CT molecular complexity index is 492. The number of hydrogen-bond donors (Lipinski definition) is 0. The molecule has 0 unspecified atom stereocenters. The molecule has 116 valence electrons. The molecule has 21 heavy (non-hydrogen) atoms. The van der Waals surface area contributed by atoms with Crippen molar-refractivity contribution in [2.24, 2.45) is 5.92 Å². The zero-order chi connectivity index (χ0) is 14.8. The van der Waals surface area contributed by atoms with Gasteiger partial charge in [-0.25, -0.2) is 9.97 Å². The maximum absolute atomic E-state index is 6.41. The van der Waals surface area contributed by atoms with Gasteiger partial charge in [0.15, 0.2) is 0 Å². The van der Waals surface area contributed by atoms with Crippen LogP contribution in [0.15, 0.2) is 0 Å². The summed E-state index contributed by atoms with van der Waals surface area (Å²) in [7, 11) is 0. The molecule has 4 heteroatoms. The quantitative estimate of drug-likeness (QED) is 0.439. The molecule has 0 amide bonds. The van der Waals surface area contributed by atoms with E-state index in [0.717, 1.165) is 15.3 Å². The lowest BCUT2D eigenvalue weighted by Crippen LogP contribution is -2.17. The largest absolute Gasteiger partial charge is 0.236 e. The number of halogens is 2. The fraction of sp³-hybridized carbons (Fsp3) is 0.765. The van der Waals surface area contributed by atoms with E-state index in [1.54, 1.807) is 0 Å². The van der Waals surface area contributed by atoms with Crippen LogP contribution in [0.25, 0.3) is 0 Å². The van der Waals surface area contributed by atoms with Crippen molar-refractivity contribution in [3.05, 3.63) is 20.2 Å². The summed E-state index contributed by atoms with van der Waals surface area (Å²) < 4.78 is 1.09. The summed E-state index contributed by atoms with van der Waals surface area (Å²) in [6, 6.07) is 0. The fourth-order valence-corrected chi connectivity index (χ4v) is 4.80. The number of nitrogens with zero attached hydrogens (tertiary/aromatic N) is 2. The van der Waals surface area contributed by atoms with E-state index in [0.29, 0.717) is 17.0 Å². The average Bonchev–Trinajstić information content (AvgIpc) is 3.04. The van der Waals surface area contributed by atoms with E-state index >= 15 is 0 Å². The van der Waals surface area contributed by atoms with Crippen molar-refractivity contribution >= 4 is 34.2 Å². The first-order valence-electron chi connectivity index (χ1n) is 8.41. The van der Waals surface area contributed by atoms with E-state index in [4.69, 9.17) is 16.6 Å². The summed E-state index contributed by atoms with van der Waals surface area (Å²) in [6.45, 7) is 2.31. The molecule has 2 saturated carbocycles. The van der Waals surface area contributed by atoms with Crippen molar-refractivity contribution in [1.82, 2.24) is 9.97 Å². The van der Waals surface area contributed by atoms with Crippen LogP contribution in [0.2, 0.25) is 5.15 Å². The molecule has 2 aliphatic rings. The predicted molar refractivity (Wildman–Crippen MR) is 96.0 cm³/mol. The molecule has 0 radical (unpaired) electrons. The monoisotopic (exact) mass is 418 g/mol. The van der Waals surface area contributed by atoms with E-state index < -0.39 is 0 Å². The molecular weight excluding hydrogens is 395 g/mol. The lowest BCUT2D eigenvalue weighted by molar-refractivity contribution is 0.311. The van der Waals surface area contributed by atoms with Crippen molar-refractivity contribution in [3.8, 4) is 0 Å². The molecule has 0 aromatic carbocycles. The van der Waals surface area contributed by atoms with E-state index in [9.17, 15) is 0 Å². The highest BCUT2D eigenvalue weighted by atomic mass is 127. The molecule has 1 aromatic rings. The Morgan fingerprint density at radius 3 is 2.29 bits per heavy atom. The van der Waals surface area contributed by atoms with E-state index in [1.165, 1.54) is 63.5 Å². The van der Waals surface area contributed by atoms with Crippen LogP contribution in [-0.4, -0.2) is 9.97 Å². The highest BCUT2D eigenvalue weighted by Gasteiger charge is 2.27. The molecule has 1 aromatic heterocycles. The van der Waals surface area contributed by atoms with Gasteiger partial charge in [0.05, 0.1) is 9.26 Å². The van der Waals surface area contributed by atoms with Crippen LogP contribution in [0, 0.1) is 9.49 Å². The van der Waals surface area contributed by atoms with Crippen LogP contribution in [-0.2, 0) is 0 Å². The molecule has 1 heterocycles. The van der Waals surface area contributed by atoms with Crippen LogP contribution < -0.4 is 0 Å². The Labute approximate surface area is 146 Å². The van der Waals surface area contributed by atoms with Gasteiger partial charge in [-0.05, 0) is 67.0 Å². The van der Waals surface area contributed by atoms with Gasteiger partial charge in [0.25, 0.3) is 0 Å². The molecule has 0 spiro atoms. The summed E-state index contributed by atoms with van der Waals surface area (Å²) in [5.41, 5.74) is 1.24. The molecule has 2 fully saturated rings. The standard InChI is InChI=1S/C17H24ClIN2/c1-2-11-7-9-13(10-8-11)17-20-15(12-5-3-4-6-12)14(19)16(18)21-17/h11-13H,2-10H2,1H3. The van der Waals surface area contributed by atoms with Gasteiger partial charge in [-0.2, -0.15) is 0 Å². The minimum Gasteiger partial charge on any atom is -0.236 e. The molecule has 0 atom stereocenters. The lowest BCUT2D eigenvalue weighted by Gasteiger charge is -2.27. The Balaban J connectivity index is 1.82. The average molecular weight is 419 g/mol. The third kappa shape index (κ3) is 3.54. The Hall–Kier alpha value is 0.1000. The summed E-state index contributed by atoms with van der Waals surface area (Å²) in [4.78, 5) is 9.61. The first-order chi connectivity index (χ1) is 10.2. The minimum absolute atomic E-state index is 0.530. The third-order valence-electron chi connectivity index (χ3n) is 5.38. The molecule has 2 nitrogen and oxygen atoms in total. The van der Waals surface area contributed by atoms with Crippen LogP contribution >= 0.6 is 34.2 Å². The maximum atomic E-state index is 6.41. The van der Waals surface area contributed by atoms with Gasteiger partial charge in [0.2, 0.25) is 0 Å². The van der Waals surface area contributed by atoms with Gasteiger partial charge in [0, 0.05) is 11.8 Å². The summed E-state index contributed by atoms with van der Waals surface area (Å²) in [6.07, 6.45) is 11.6. The van der Waals surface area contributed by atoms with E-state index in [1.807, 2.05) is 0 Å². The number of aromatic nitrogens is 2. The van der Waals surface area contributed by atoms with Gasteiger partial charge in [-0.3, -0.25) is 0 Å². The van der Waals surface area contributed by atoms with E-state index in [-0.39, 0.29) is 0 Å². The number of hydrogen-bond acceptors (Lipinski definition) is 2. The summed E-state index contributed by atoms with van der Waals surface area (Å²) in [5.74, 6) is 3.08. The van der Waals surface area contributed by atoms with Crippen molar-refractivity contribution in [1.29, 1.82) is 0 Å². The first-order valence-corrected chi connectivity index (χ1v) is 9.87. The zero-order valence-corrected chi connectivity index (χ0v) is 15.7. The van der Waals surface area contributed by atoms with Crippen LogP contribution in [0.3, 0.4) is 0 Å². The van der Waals surface area contributed by atoms with Crippen molar-refractivity contribution in [3.63, 3.8) is 0 Å². The molecule has 0 aliphatic heterocycles. The lowest BCUT2D eigenvalue weighted by atomic mass is 9.80. The van der Waals surface area contributed by atoms with Crippen LogP contribution in [0.1, 0.15) is 88.1 Å². The molecule has 0 bridgehead atoms. The Kier molecular flexibility index (Phi) is 5.41. The van der Waals surface area contributed by atoms with Crippen molar-refractivity contribution < 1.29 is 0 Å². The van der Waals surface area contributed by atoms with Crippen LogP contribution in [0.5, 0.6) is 0 Å². The fourth-order valence-electron chi connectivity index (χ4n) is 3.93. The van der Waals surface area contributed by atoms with Gasteiger partial charge in [-0.1, -0.05) is 37.8 Å². The predicted octanol–water partition coefficient (Wildman–Crippen LogP) is 6.08. The molecule has 3 rings (SSSR count). The molecule has 0 saturated heterocycles. The number of rotatable bonds is 3. The van der Waals surface area contributed by atoms with Crippen molar-refractivity contribution in [2.75, 3.05) is 0 Å². The molecule has 2 aliphatic carbocycles. The second-order valence-corrected chi connectivity index (χ2v) is 8.12. The van der Waals surface area contributed by atoms with E-state index in [2.05, 4.69) is 34.5 Å². The van der Waals surface area contributed by atoms with Gasteiger partial charge in [-0.15, -0.1) is 0 Å².